The molecule has 0 saturated carbocycles. The fourth-order valence-corrected chi connectivity index (χ4v) is 1.36. The third kappa shape index (κ3) is 0.417. The van der Waals surface area contributed by atoms with Crippen LogP contribution in [0, 0.1) is 5.92 Å². The molecule has 1 heteroatoms. The number of likely N-dealkylation sites (tertiary alicyclic amines) is 1. The molecule has 8 heavy (non-hydrogen) atoms. The van der Waals surface area contributed by atoms with E-state index in [2.05, 4.69) is 17.9 Å². The lowest BCUT2D eigenvalue weighted by atomic mass is 10.2. The van der Waals surface area contributed by atoms with Crippen LogP contribution in [0.1, 0.15) is 13.3 Å². The smallest absolute Gasteiger partial charge is 0.0361 e. The first-order valence-electron chi connectivity index (χ1n) is 3.38. The maximum Gasteiger partial charge on any atom is 0.0361 e. The van der Waals surface area contributed by atoms with E-state index in [0.29, 0.717) is 0 Å². The molecule has 2 rings (SSSR count). The van der Waals surface area contributed by atoms with Crippen molar-refractivity contribution in [3.05, 3.63) is 11.8 Å². The molecule has 1 saturated heterocycles. The van der Waals surface area contributed by atoms with Gasteiger partial charge >= 0.3 is 0 Å². The summed E-state index contributed by atoms with van der Waals surface area (Å²) in [5, 5.41) is 0. The van der Waals surface area contributed by atoms with Gasteiger partial charge in [0.1, 0.15) is 0 Å². The van der Waals surface area contributed by atoms with Crippen LogP contribution in [0.15, 0.2) is 11.8 Å². The van der Waals surface area contributed by atoms with E-state index in [1.807, 2.05) is 0 Å². The lowest BCUT2D eigenvalue weighted by molar-refractivity contribution is 0.262. The Morgan fingerprint density at radius 1 is 1.88 bits per heavy atom. The van der Waals surface area contributed by atoms with Crippen molar-refractivity contribution in [3.63, 3.8) is 0 Å². The number of rotatable bonds is 2. The normalized spacial score (nSPS) is 30.9. The maximum absolute atomic E-state index is 2.46. The molecule has 0 radical (unpaired) electrons. The van der Waals surface area contributed by atoms with Crippen LogP contribution in [0.3, 0.4) is 0 Å². The number of nitrogens with zero attached hydrogens (tertiary/aromatic N) is 1. The monoisotopic (exact) mass is 109 g/mol. The van der Waals surface area contributed by atoms with Crippen molar-refractivity contribution in [3.8, 4) is 0 Å². The summed E-state index contributed by atoms with van der Waals surface area (Å²) in [6, 6.07) is 0. The van der Waals surface area contributed by atoms with Crippen molar-refractivity contribution in [1.29, 1.82) is 0 Å². The van der Waals surface area contributed by atoms with E-state index in [1.165, 1.54) is 19.5 Å². The van der Waals surface area contributed by atoms with Gasteiger partial charge in [0, 0.05) is 24.7 Å². The second kappa shape index (κ2) is 1.28. The van der Waals surface area contributed by atoms with Crippen molar-refractivity contribution < 1.29 is 0 Å². The third-order valence-corrected chi connectivity index (χ3v) is 1.92. The average Bonchev–Trinajstić information content (AvgIpc) is 2.36. The molecule has 0 aromatic carbocycles. The SMILES string of the molecule is CCCN1C[C@H]2C=C21. The van der Waals surface area contributed by atoms with E-state index < -0.39 is 0 Å². The fourth-order valence-electron chi connectivity index (χ4n) is 1.36. The second-order valence-corrected chi connectivity index (χ2v) is 2.64. The summed E-state index contributed by atoms with van der Waals surface area (Å²) in [4.78, 5) is 2.46. The van der Waals surface area contributed by atoms with Crippen LogP contribution in [-0.4, -0.2) is 18.0 Å². The number of fused-ring (bicyclic) bond motifs is 1. The summed E-state index contributed by atoms with van der Waals surface area (Å²) in [6.07, 6.45) is 3.65. The van der Waals surface area contributed by atoms with E-state index >= 15 is 0 Å². The Balaban J connectivity index is 1.83. The highest BCUT2D eigenvalue weighted by Crippen LogP contribution is 2.42. The van der Waals surface area contributed by atoms with Gasteiger partial charge in [0.15, 0.2) is 0 Å². The molecule has 1 fully saturated rings. The minimum Gasteiger partial charge on any atom is -0.374 e. The highest BCUT2D eigenvalue weighted by atomic mass is 15.2. The fraction of sp³-hybridized carbons (Fsp3) is 0.714. The summed E-state index contributed by atoms with van der Waals surface area (Å²) in [5.41, 5.74) is 1.62. The van der Waals surface area contributed by atoms with Gasteiger partial charge in [0.25, 0.3) is 0 Å². The Labute approximate surface area is 50.0 Å². The zero-order valence-corrected chi connectivity index (χ0v) is 5.22. The molecular weight excluding hydrogens is 98.1 g/mol. The van der Waals surface area contributed by atoms with Crippen LogP contribution in [0.2, 0.25) is 0 Å². The zero-order valence-electron chi connectivity index (χ0n) is 5.22. The van der Waals surface area contributed by atoms with Gasteiger partial charge in [0.2, 0.25) is 0 Å². The molecular formula is C7H11N. The van der Waals surface area contributed by atoms with Gasteiger partial charge in [-0.15, -0.1) is 0 Å². The molecule has 1 nitrogen and oxygen atoms in total. The van der Waals surface area contributed by atoms with Crippen molar-refractivity contribution in [2.24, 2.45) is 5.92 Å². The van der Waals surface area contributed by atoms with E-state index in [4.69, 9.17) is 0 Å². The Kier molecular flexibility index (Phi) is 0.706. The van der Waals surface area contributed by atoms with Gasteiger partial charge in [-0.2, -0.15) is 0 Å². The highest BCUT2D eigenvalue weighted by molar-refractivity contribution is 5.36. The first kappa shape index (κ1) is 4.42. The number of hydrogen-bond acceptors (Lipinski definition) is 1. The molecule has 1 aliphatic heterocycles. The van der Waals surface area contributed by atoms with Crippen LogP contribution in [0.4, 0.5) is 0 Å². The first-order chi connectivity index (χ1) is 3.92. The minimum absolute atomic E-state index is 0.932. The van der Waals surface area contributed by atoms with E-state index in [-0.39, 0.29) is 0 Å². The summed E-state index contributed by atoms with van der Waals surface area (Å²) >= 11 is 0. The highest BCUT2D eigenvalue weighted by Gasteiger charge is 2.40. The minimum atomic E-state index is 0.932. The Morgan fingerprint density at radius 2 is 2.75 bits per heavy atom. The number of hydrogen-bond donors (Lipinski definition) is 0. The standard InChI is InChI=1S/C7H11N/c1-2-3-8-5-6-4-7(6)8/h4,6H,2-3,5H2,1H3/t6-/m1/s1. The van der Waals surface area contributed by atoms with Gasteiger partial charge in [-0.25, -0.2) is 0 Å². The Bertz CT molecular complexity index is 137. The lowest BCUT2D eigenvalue weighted by Gasteiger charge is -2.30. The predicted octanol–water partition coefficient (Wildman–Crippen LogP) is 1.23. The van der Waals surface area contributed by atoms with Crippen LogP contribution in [0.5, 0.6) is 0 Å². The summed E-state index contributed by atoms with van der Waals surface area (Å²) in [7, 11) is 0. The van der Waals surface area contributed by atoms with Crippen LogP contribution in [0.25, 0.3) is 0 Å². The average molecular weight is 109 g/mol. The van der Waals surface area contributed by atoms with E-state index in [0.717, 1.165) is 5.92 Å². The van der Waals surface area contributed by atoms with Crippen molar-refractivity contribution in [1.82, 2.24) is 4.90 Å². The molecule has 1 atom stereocenters. The molecule has 44 valence electrons. The van der Waals surface area contributed by atoms with Crippen molar-refractivity contribution >= 4 is 0 Å². The molecule has 0 aromatic rings. The van der Waals surface area contributed by atoms with E-state index in [1.54, 1.807) is 5.70 Å². The van der Waals surface area contributed by atoms with E-state index in [9.17, 15) is 0 Å². The van der Waals surface area contributed by atoms with Crippen molar-refractivity contribution in [2.75, 3.05) is 13.1 Å². The van der Waals surface area contributed by atoms with Gasteiger partial charge < -0.3 is 4.90 Å². The molecule has 0 bridgehead atoms. The molecule has 1 aliphatic carbocycles. The summed E-state index contributed by atoms with van der Waals surface area (Å²) in [5.74, 6) is 0.932. The largest absolute Gasteiger partial charge is 0.374 e. The second-order valence-electron chi connectivity index (χ2n) is 2.64. The topological polar surface area (TPSA) is 3.24 Å². The van der Waals surface area contributed by atoms with Crippen molar-refractivity contribution in [2.45, 2.75) is 13.3 Å². The Hall–Kier alpha value is -0.460. The van der Waals surface area contributed by atoms with Crippen LogP contribution in [-0.2, 0) is 0 Å². The molecule has 0 aromatic heterocycles. The molecule has 0 unspecified atom stereocenters. The zero-order chi connectivity index (χ0) is 5.56. The van der Waals surface area contributed by atoms with Gasteiger partial charge in [-0.05, 0) is 6.42 Å². The molecule has 0 N–H and O–H groups in total. The van der Waals surface area contributed by atoms with Gasteiger partial charge in [-0.3, -0.25) is 0 Å². The molecule has 2 aliphatic rings. The molecule has 0 spiro atoms. The quantitative estimate of drug-likeness (QED) is 0.515. The van der Waals surface area contributed by atoms with Crippen LogP contribution >= 0.6 is 0 Å². The van der Waals surface area contributed by atoms with Gasteiger partial charge in [0.05, 0.1) is 0 Å². The lowest BCUT2D eigenvalue weighted by Crippen LogP contribution is -2.33. The molecule has 1 heterocycles. The third-order valence-electron chi connectivity index (χ3n) is 1.92. The predicted molar refractivity (Wildman–Crippen MR) is 33.4 cm³/mol. The Morgan fingerprint density at radius 3 is 3.12 bits per heavy atom. The summed E-state index contributed by atoms with van der Waals surface area (Å²) < 4.78 is 0. The summed E-state index contributed by atoms with van der Waals surface area (Å²) in [6.45, 7) is 4.84. The first-order valence-corrected chi connectivity index (χ1v) is 3.38. The van der Waals surface area contributed by atoms with Gasteiger partial charge in [-0.1, -0.05) is 13.0 Å². The van der Waals surface area contributed by atoms with Crippen LogP contribution < -0.4 is 0 Å². The maximum atomic E-state index is 2.46. The molecule has 0 amide bonds.